The Bertz CT molecular complexity index is 1310. The fourth-order valence-corrected chi connectivity index (χ4v) is 4.24. The molecule has 9 heteroatoms. The molecule has 0 saturated heterocycles. The smallest absolute Gasteiger partial charge is 0.265 e. The molecule has 0 fully saturated rings. The van der Waals surface area contributed by atoms with Gasteiger partial charge in [-0.1, -0.05) is 55.8 Å². The van der Waals surface area contributed by atoms with Crippen molar-refractivity contribution in [2.75, 3.05) is 29.9 Å². The lowest BCUT2D eigenvalue weighted by molar-refractivity contribution is -0.121. The minimum Gasteiger partial charge on any atom is -0.484 e. The highest BCUT2D eigenvalue weighted by molar-refractivity contribution is 6.30. The number of amides is 3. The van der Waals surface area contributed by atoms with Crippen molar-refractivity contribution in [2.24, 2.45) is 11.1 Å². The molecule has 38 heavy (non-hydrogen) atoms. The van der Waals surface area contributed by atoms with Crippen molar-refractivity contribution in [3.63, 3.8) is 0 Å². The molecule has 4 N–H and O–H groups in total. The molecule has 1 atom stereocenters. The highest BCUT2D eigenvalue weighted by Crippen LogP contribution is 2.39. The van der Waals surface area contributed by atoms with E-state index in [2.05, 4.69) is 10.6 Å². The summed E-state index contributed by atoms with van der Waals surface area (Å²) in [6.45, 7) is 4.49. The molecular formula is C29H31ClN4O4. The van der Waals surface area contributed by atoms with E-state index in [1.165, 1.54) is 0 Å². The van der Waals surface area contributed by atoms with Crippen LogP contribution in [0, 0.1) is 5.41 Å². The van der Waals surface area contributed by atoms with E-state index in [9.17, 15) is 14.4 Å². The molecule has 1 aliphatic rings. The summed E-state index contributed by atoms with van der Waals surface area (Å²) in [4.78, 5) is 41.1. The molecule has 1 heterocycles. The number of halogens is 1. The molecule has 0 aliphatic carbocycles. The zero-order valence-corrected chi connectivity index (χ0v) is 22.1. The lowest BCUT2D eigenvalue weighted by Gasteiger charge is -2.31. The van der Waals surface area contributed by atoms with Crippen LogP contribution in [0.2, 0.25) is 5.02 Å². The van der Waals surface area contributed by atoms with E-state index in [1.54, 1.807) is 47.4 Å². The van der Waals surface area contributed by atoms with Crippen molar-refractivity contribution < 1.29 is 19.1 Å². The normalized spacial score (nSPS) is 15.2. The summed E-state index contributed by atoms with van der Waals surface area (Å²) in [5, 5.41) is 6.33. The Labute approximate surface area is 227 Å². The molecular weight excluding hydrogens is 504 g/mol. The average molecular weight is 535 g/mol. The monoisotopic (exact) mass is 534 g/mol. The minimum absolute atomic E-state index is 0.0393. The standard InChI is InChI=1S/C29H31ClN4O4/c1-29(2,17-31)18-32-28(37)20-8-13-24-23(14-20)33-26(35)15-25(19-6-4-3-5-7-19)34(24)27(36)16-38-22-11-9-21(30)10-12-22/h3-14,25H,15-18,31H2,1-2H3,(H,32,37)(H,33,35). The van der Waals surface area contributed by atoms with Gasteiger partial charge in [0, 0.05) is 17.1 Å². The van der Waals surface area contributed by atoms with E-state index >= 15 is 0 Å². The third-order valence-electron chi connectivity index (χ3n) is 6.39. The predicted octanol–water partition coefficient (Wildman–Crippen LogP) is 4.55. The molecule has 3 aromatic rings. The van der Waals surface area contributed by atoms with E-state index in [0.717, 1.165) is 5.56 Å². The summed E-state index contributed by atoms with van der Waals surface area (Å²) in [6, 6.07) is 20.4. The fourth-order valence-electron chi connectivity index (χ4n) is 4.11. The molecule has 0 aromatic heterocycles. The van der Waals surface area contributed by atoms with Crippen molar-refractivity contribution in [3.05, 3.63) is 88.9 Å². The molecule has 0 radical (unpaired) electrons. The van der Waals surface area contributed by atoms with Crippen molar-refractivity contribution in [2.45, 2.75) is 26.3 Å². The molecule has 0 spiro atoms. The lowest BCUT2D eigenvalue weighted by Crippen LogP contribution is -2.39. The van der Waals surface area contributed by atoms with Gasteiger partial charge >= 0.3 is 0 Å². The van der Waals surface area contributed by atoms with Crippen LogP contribution in [0.1, 0.15) is 42.2 Å². The third-order valence-corrected chi connectivity index (χ3v) is 6.64. The van der Waals surface area contributed by atoms with Crippen LogP contribution in [-0.2, 0) is 9.59 Å². The highest BCUT2D eigenvalue weighted by atomic mass is 35.5. The Morgan fingerprint density at radius 1 is 1.11 bits per heavy atom. The van der Waals surface area contributed by atoms with Gasteiger partial charge in [-0.2, -0.15) is 0 Å². The van der Waals surface area contributed by atoms with Gasteiger partial charge in [0.25, 0.3) is 11.8 Å². The summed E-state index contributed by atoms with van der Waals surface area (Å²) in [5.74, 6) is -0.406. The van der Waals surface area contributed by atoms with Crippen LogP contribution in [0.3, 0.4) is 0 Å². The largest absolute Gasteiger partial charge is 0.484 e. The van der Waals surface area contributed by atoms with Crippen LogP contribution in [0.25, 0.3) is 0 Å². The summed E-state index contributed by atoms with van der Waals surface area (Å²) >= 11 is 5.95. The Balaban J connectivity index is 1.66. The van der Waals surface area contributed by atoms with Gasteiger partial charge in [-0.15, -0.1) is 0 Å². The number of nitrogens with one attached hydrogen (secondary N) is 2. The van der Waals surface area contributed by atoms with Crippen LogP contribution >= 0.6 is 11.6 Å². The molecule has 0 bridgehead atoms. The number of carbonyl (C=O) groups excluding carboxylic acids is 3. The van der Waals surface area contributed by atoms with Crippen molar-refractivity contribution in [1.82, 2.24) is 5.32 Å². The number of fused-ring (bicyclic) bond motifs is 1. The zero-order valence-electron chi connectivity index (χ0n) is 21.4. The molecule has 3 amide bonds. The third kappa shape index (κ3) is 6.51. The molecule has 0 saturated carbocycles. The maximum absolute atomic E-state index is 13.7. The first-order valence-electron chi connectivity index (χ1n) is 12.3. The van der Waals surface area contributed by atoms with Crippen LogP contribution in [0.15, 0.2) is 72.8 Å². The SMILES string of the molecule is CC(C)(CN)CNC(=O)c1ccc2c(c1)NC(=O)CC(c1ccccc1)N2C(=O)COc1ccc(Cl)cc1. The van der Waals surface area contributed by atoms with Gasteiger partial charge in [0.05, 0.1) is 23.8 Å². The second kappa shape index (κ2) is 11.7. The number of benzene rings is 3. The number of ether oxygens (including phenoxy) is 1. The molecule has 1 unspecified atom stereocenters. The second-order valence-electron chi connectivity index (χ2n) is 9.97. The fraction of sp³-hybridized carbons (Fsp3) is 0.276. The van der Waals surface area contributed by atoms with Crippen molar-refractivity contribution in [3.8, 4) is 5.75 Å². The molecule has 1 aliphatic heterocycles. The summed E-state index contributed by atoms with van der Waals surface area (Å²) in [5.41, 5.74) is 7.54. The summed E-state index contributed by atoms with van der Waals surface area (Å²) in [7, 11) is 0. The van der Waals surface area contributed by atoms with Gasteiger partial charge in [-0.3, -0.25) is 19.3 Å². The Kier molecular flexibility index (Phi) is 8.34. The number of anilines is 2. The number of hydrogen-bond donors (Lipinski definition) is 3. The van der Waals surface area contributed by atoms with Crippen molar-refractivity contribution in [1.29, 1.82) is 0 Å². The second-order valence-corrected chi connectivity index (χ2v) is 10.4. The van der Waals surface area contributed by atoms with Crippen LogP contribution in [-0.4, -0.2) is 37.4 Å². The maximum Gasteiger partial charge on any atom is 0.265 e. The minimum atomic E-state index is -0.566. The van der Waals surface area contributed by atoms with E-state index in [1.807, 2.05) is 44.2 Å². The van der Waals surface area contributed by atoms with E-state index in [0.29, 0.717) is 40.8 Å². The number of carbonyl (C=O) groups is 3. The first kappa shape index (κ1) is 27.2. The predicted molar refractivity (Wildman–Crippen MR) is 148 cm³/mol. The maximum atomic E-state index is 13.7. The Morgan fingerprint density at radius 3 is 2.50 bits per heavy atom. The first-order chi connectivity index (χ1) is 18.2. The molecule has 198 valence electrons. The first-order valence-corrected chi connectivity index (χ1v) is 12.7. The number of nitrogens with zero attached hydrogens (tertiary/aromatic N) is 1. The average Bonchev–Trinajstić information content (AvgIpc) is 3.07. The quantitative estimate of drug-likeness (QED) is 0.392. The van der Waals surface area contributed by atoms with Crippen LogP contribution in [0.4, 0.5) is 11.4 Å². The molecule has 8 nitrogen and oxygen atoms in total. The van der Waals surface area contributed by atoms with Gasteiger partial charge in [0.15, 0.2) is 6.61 Å². The van der Waals surface area contributed by atoms with Gasteiger partial charge in [0.1, 0.15) is 5.75 Å². The summed E-state index contributed by atoms with van der Waals surface area (Å²) in [6.07, 6.45) is 0.0393. The highest BCUT2D eigenvalue weighted by Gasteiger charge is 2.34. The van der Waals surface area contributed by atoms with E-state index in [4.69, 9.17) is 22.1 Å². The van der Waals surface area contributed by atoms with Gasteiger partial charge < -0.3 is 21.1 Å². The molecule has 4 rings (SSSR count). The van der Waals surface area contributed by atoms with Gasteiger partial charge in [0.2, 0.25) is 5.91 Å². The van der Waals surface area contributed by atoms with Gasteiger partial charge in [-0.25, -0.2) is 0 Å². The molecule has 3 aromatic carbocycles. The van der Waals surface area contributed by atoms with Crippen molar-refractivity contribution >= 4 is 40.7 Å². The number of nitrogens with two attached hydrogens (primary N) is 1. The van der Waals surface area contributed by atoms with Crippen LogP contribution in [0.5, 0.6) is 5.75 Å². The van der Waals surface area contributed by atoms with Crippen LogP contribution < -0.4 is 26.0 Å². The summed E-state index contributed by atoms with van der Waals surface area (Å²) < 4.78 is 5.75. The Morgan fingerprint density at radius 2 is 1.82 bits per heavy atom. The number of hydrogen-bond acceptors (Lipinski definition) is 5. The lowest BCUT2D eigenvalue weighted by atomic mass is 9.94. The Hall–Kier alpha value is -3.88. The van der Waals surface area contributed by atoms with E-state index < -0.39 is 6.04 Å². The van der Waals surface area contributed by atoms with Gasteiger partial charge in [-0.05, 0) is 60.0 Å². The zero-order chi connectivity index (χ0) is 27.3. The van der Waals surface area contributed by atoms with E-state index in [-0.39, 0.29) is 36.2 Å². The number of rotatable bonds is 8. The topological polar surface area (TPSA) is 114 Å².